The van der Waals surface area contributed by atoms with Crippen molar-refractivity contribution in [3.63, 3.8) is 0 Å². The molecule has 3 aromatic carbocycles. The number of amides is 3. The van der Waals surface area contributed by atoms with Gasteiger partial charge in [0.15, 0.2) is 11.5 Å². The summed E-state index contributed by atoms with van der Waals surface area (Å²) in [4.78, 5) is 28.0. The van der Waals surface area contributed by atoms with E-state index in [-0.39, 0.29) is 0 Å². The van der Waals surface area contributed by atoms with E-state index < -0.39 is 6.03 Å². The van der Waals surface area contributed by atoms with E-state index in [1.54, 1.807) is 81.1 Å². The average Bonchev–Trinajstić information content (AvgIpc) is 2.88. The molecule has 0 saturated heterocycles. The molecule has 0 aliphatic heterocycles. The van der Waals surface area contributed by atoms with E-state index in [0.29, 0.717) is 46.3 Å². The number of benzene rings is 3. The molecular weight excluding hydrogens is 436 g/mol. The zero-order valence-corrected chi connectivity index (χ0v) is 18.5. The molecule has 34 heavy (non-hydrogen) atoms. The van der Waals surface area contributed by atoms with Crippen molar-refractivity contribution in [2.24, 2.45) is 0 Å². The van der Waals surface area contributed by atoms with Crippen molar-refractivity contribution in [1.29, 1.82) is 0 Å². The SMILES string of the molecule is COc1cc2nccc(Oc3ccc(NC(=O)NN(C=O)c4ccccc4)cc3)c2cc1OC. The van der Waals surface area contributed by atoms with Crippen molar-refractivity contribution < 1.29 is 23.8 Å². The van der Waals surface area contributed by atoms with E-state index in [1.807, 2.05) is 12.1 Å². The van der Waals surface area contributed by atoms with Crippen LogP contribution in [0, 0.1) is 0 Å². The van der Waals surface area contributed by atoms with E-state index in [1.165, 1.54) is 0 Å². The third-order valence-electron chi connectivity index (χ3n) is 4.91. The predicted octanol–water partition coefficient (Wildman–Crippen LogP) is 4.74. The Balaban J connectivity index is 1.45. The molecule has 0 saturated carbocycles. The zero-order chi connectivity index (χ0) is 23.9. The van der Waals surface area contributed by atoms with E-state index in [4.69, 9.17) is 14.2 Å². The summed E-state index contributed by atoms with van der Waals surface area (Å²) >= 11 is 0. The van der Waals surface area contributed by atoms with Crippen LogP contribution in [0.25, 0.3) is 10.9 Å². The fourth-order valence-electron chi connectivity index (χ4n) is 3.28. The minimum Gasteiger partial charge on any atom is -0.493 e. The Kier molecular flexibility index (Phi) is 6.73. The number of ether oxygens (including phenoxy) is 3. The number of anilines is 2. The van der Waals surface area contributed by atoms with Crippen molar-refractivity contribution in [3.8, 4) is 23.0 Å². The second-order valence-electron chi connectivity index (χ2n) is 7.04. The quantitative estimate of drug-likeness (QED) is 0.292. The average molecular weight is 458 g/mol. The van der Waals surface area contributed by atoms with E-state index in [2.05, 4.69) is 15.7 Å². The van der Waals surface area contributed by atoms with Crippen molar-refractivity contribution in [3.05, 3.63) is 79.0 Å². The number of para-hydroxylation sites is 1. The Hall–Kier alpha value is -4.79. The highest BCUT2D eigenvalue weighted by Gasteiger charge is 2.12. The molecule has 4 aromatic rings. The van der Waals surface area contributed by atoms with E-state index in [0.717, 1.165) is 10.4 Å². The van der Waals surface area contributed by atoms with Gasteiger partial charge in [-0.3, -0.25) is 9.78 Å². The minimum absolute atomic E-state index is 0.523. The third-order valence-corrected chi connectivity index (χ3v) is 4.91. The van der Waals surface area contributed by atoms with Crippen LogP contribution in [0.5, 0.6) is 23.0 Å². The van der Waals surface area contributed by atoms with Gasteiger partial charge in [0.25, 0.3) is 0 Å². The summed E-state index contributed by atoms with van der Waals surface area (Å²) in [5.74, 6) is 2.30. The van der Waals surface area contributed by atoms with Crippen molar-refractivity contribution in [2.75, 3.05) is 24.5 Å². The lowest BCUT2D eigenvalue weighted by molar-refractivity contribution is -0.107. The molecule has 1 aromatic heterocycles. The highest BCUT2D eigenvalue weighted by molar-refractivity contribution is 5.93. The number of carbonyl (C=O) groups is 2. The molecule has 0 bridgehead atoms. The van der Waals surface area contributed by atoms with Gasteiger partial charge in [-0.05, 0) is 48.5 Å². The van der Waals surface area contributed by atoms with Crippen LogP contribution in [-0.4, -0.2) is 31.6 Å². The number of carbonyl (C=O) groups excluding carboxylic acids is 2. The van der Waals surface area contributed by atoms with Crippen LogP contribution in [-0.2, 0) is 4.79 Å². The number of pyridine rings is 1. The monoisotopic (exact) mass is 458 g/mol. The van der Waals surface area contributed by atoms with Gasteiger partial charge in [0.1, 0.15) is 11.5 Å². The van der Waals surface area contributed by atoms with Crippen molar-refractivity contribution in [2.45, 2.75) is 0 Å². The first-order valence-electron chi connectivity index (χ1n) is 10.3. The fraction of sp³-hybridized carbons (Fsp3) is 0.0800. The van der Waals surface area contributed by atoms with Gasteiger partial charge < -0.3 is 19.5 Å². The summed E-state index contributed by atoms with van der Waals surface area (Å²) in [6.07, 6.45) is 2.17. The summed E-state index contributed by atoms with van der Waals surface area (Å²) in [5.41, 5.74) is 4.24. The third kappa shape index (κ3) is 4.99. The first kappa shape index (κ1) is 22.4. The van der Waals surface area contributed by atoms with Crippen LogP contribution >= 0.6 is 0 Å². The fourth-order valence-corrected chi connectivity index (χ4v) is 3.28. The summed E-state index contributed by atoms with van der Waals surface area (Å²) in [6.45, 7) is 0. The first-order valence-corrected chi connectivity index (χ1v) is 10.3. The molecule has 0 fully saturated rings. The van der Waals surface area contributed by atoms with Crippen LogP contribution in [0.15, 0.2) is 79.0 Å². The van der Waals surface area contributed by atoms with Gasteiger partial charge in [0.05, 0.1) is 25.4 Å². The molecular formula is C25H22N4O5. The standard InChI is InChI=1S/C25H22N4O5/c1-32-23-14-20-21(15-24(23)33-2)26-13-12-22(20)34-19-10-8-17(9-11-19)27-25(31)28-29(16-30)18-6-4-3-5-7-18/h3-16H,1-2H3,(H2,27,28,31). The predicted molar refractivity (Wildman–Crippen MR) is 129 cm³/mol. The van der Waals surface area contributed by atoms with Gasteiger partial charge in [-0.1, -0.05) is 18.2 Å². The maximum Gasteiger partial charge on any atom is 0.338 e. The number of aromatic nitrogens is 1. The van der Waals surface area contributed by atoms with Crippen LogP contribution in [0.2, 0.25) is 0 Å². The summed E-state index contributed by atoms with van der Waals surface area (Å²) in [7, 11) is 3.13. The molecule has 9 heteroatoms. The second-order valence-corrected chi connectivity index (χ2v) is 7.04. The van der Waals surface area contributed by atoms with Gasteiger partial charge in [-0.25, -0.2) is 15.2 Å². The molecule has 3 amide bonds. The Morgan fingerprint density at radius 1 is 0.912 bits per heavy atom. The molecule has 9 nitrogen and oxygen atoms in total. The zero-order valence-electron chi connectivity index (χ0n) is 18.5. The van der Waals surface area contributed by atoms with Crippen molar-refractivity contribution >= 4 is 34.7 Å². The summed E-state index contributed by atoms with van der Waals surface area (Å²) in [5, 5.41) is 4.53. The van der Waals surface area contributed by atoms with Crippen LogP contribution in [0.1, 0.15) is 0 Å². The molecule has 0 atom stereocenters. The Morgan fingerprint density at radius 2 is 1.62 bits per heavy atom. The molecule has 0 unspecified atom stereocenters. The molecule has 0 aliphatic rings. The molecule has 0 spiro atoms. The Labute approximate surface area is 195 Å². The molecule has 2 N–H and O–H groups in total. The van der Waals surface area contributed by atoms with Crippen LogP contribution in [0.4, 0.5) is 16.2 Å². The van der Waals surface area contributed by atoms with Crippen LogP contribution in [0.3, 0.4) is 0 Å². The maximum atomic E-state index is 12.3. The Morgan fingerprint density at radius 3 is 2.29 bits per heavy atom. The molecule has 4 rings (SSSR count). The number of fused-ring (bicyclic) bond motifs is 1. The smallest absolute Gasteiger partial charge is 0.338 e. The molecule has 172 valence electrons. The number of rotatable bonds is 8. The van der Waals surface area contributed by atoms with Gasteiger partial charge >= 0.3 is 6.03 Å². The first-order chi connectivity index (χ1) is 16.6. The Bertz CT molecular complexity index is 1300. The molecule has 1 heterocycles. The van der Waals surface area contributed by atoms with E-state index >= 15 is 0 Å². The largest absolute Gasteiger partial charge is 0.493 e. The number of nitrogens with one attached hydrogen (secondary N) is 2. The molecule has 0 aliphatic carbocycles. The number of hydrogen-bond donors (Lipinski definition) is 2. The van der Waals surface area contributed by atoms with Gasteiger partial charge in [-0.2, -0.15) is 0 Å². The lowest BCUT2D eigenvalue weighted by Crippen LogP contribution is -2.43. The minimum atomic E-state index is -0.564. The lowest BCUT2D eigenvalue weighted by atomic mass is 10.2. The maximum absolute atomic E-state index is 12.3. The normalized spacial score (nSPS) is 10.3. The summed E-state index contributed by atoms with van der Waals surface area (Å²) in [6, 6.07) is 20.4. The number of urea groups is 1. The molecule has 0 radical (unpaired) electrons. The van der Waals surface area contributed by atoms with Gasteiger partial charge in [-0.15, -0.1) is 0 Å². The van der Waals surface area contributed by atoms with Gasteiger partial charge in [0.2, 0.25) is 6.41 Å². The highest BCUT2D eigenvalue weighted by Crippen LogP contribution is 2.36. The summed E-state index contributed by atoms with van der Waals surface area (Å²) < 4.78 is 16.8. The van der Waals surface area contributed by atoms with Crippen LogP contribution < -0.4 is 30.0 Å². The number of hydrazine groups is 1. The number of hydrogen-bond acceptors (Lipinski definition) is 6. The number of nitrogens with zero attached hydrogens (tertiary/aromatic N) is 2. The van der Waals surface area contributed by atoms with Crippen molar-refractivity contribution in [1.82, 2.24) is 10.4 Å². The topological polar surface area (TPSA) is 102 Å². The van der Waals surface area contributed by atoms with E-state index in [9.17, 15) is 9.59 Å². The lowest BCUT2D eigenvalue weighted by Gasteiger charge is -2.18. The second kappa shape index (κ2) is 10.2. The highest BCUT2D eigenvalue weighted by atomic mass is 16.5. The number of methoxy groups -OCH3 is 2. The van der Waals surface area contributed by atoms with Gasteiger partial charge in [0, 0.05) is 23.3 Å².